The van der Waals surface area contributed by atoms with E-state index in [1.807, 2.05) is 0 Å². The molecule has 1 aliphatic heterocycles. The fourth-order valence-corrected chi connectivity index (χ4v) is 2.30. The molecule has 23 heavy (non-hydrogen) atoms. The van der Waals surface area contributed by atoms with Crippen molar-refractivity contribution in [3.05, 3.63) is 28.7 Å². The Balaban J connectivity index is 1.93. The third kappa shape index (κ3) is 4.82. The first kappa shape index (κ1) is 17.0. The Morgan fingerprint density at radius 2 is 2.09 bits per heavy atom. The molecule has 1 aliphatic rings. The maximum absolute atomic E-state index is 12.2. The molecule has 2 rings (SSSR count). The van der Waals surface area contributed by atoms with Crippen molar-refractivity contribution in [2.45, 2.75) is 13.0 Å². The Hall–Kier alpha value is -2.35. The number of pyridine rings is 1. The first-order valence-corrected chi connectivity index (χ1v) is 7.63. The van der Waals surface area contributed by atoms with E-state index in [1.165, 1.54) is 17.7 Å². The average Bonchev–Trinajstić information content (AvgIpc) is 2.60. The largest absolute Gasteiger partial charge is 0.478 e. The Labute approximate surface area is 134 Å². The van der Waals surface area contributed by atoms with Gasteiger partial charge >= 0.3 is 0 Å². The third-order valence-electron chi connectivity index (χ3n) is 3.66. The van der Waals surface area contributed by atoms with Crippen LogP contribution in [0.25, 0.3) is 0 Å². The van der Waals surface area contributed by atoms with Crippen LogP contribution in [0, 0.1) is 0 Å². The number of nitrogens with zero attached hydrogens (tertiary/aromatic N) is 2. The molecular weight excluding hydrogens is 300 g/mol. The topological polar surface area (TPSA) is 92.7 Å². The highest BCUT2D eigenvalue weighted by atomic mass is 16.5. The second-order valence-corrected chi connectivity index (χ2v) is 5.21. The molecule has 8 nitrogen and oxygen atoms in total. The lowest BCUT2D eigenvalue weighted by atomic mass is 10.3. The predicted octanol–water partition coefficient (Wildman–Crippen LogP) is -1.20. The number of nitrogens with one attached hydrogen (secondary N) is 2. The highest BCUT2D eigenvalue weighted by Gasteiger charge is 2.16. The van der Waals surface area contributed by atoms with Gasteiger partial charge in [-0.25, -0.2) is 0 Å². The van der Waals surface area contributed by atoms with Crippen molar-refractivity contribution in [2.75, 3.05) is 39.8 Å². The lowest BCUT2D eigenvalue weighted by molar-refractivity contribution is -0.132. The van der Waals surface area contributed by atoms with E-state index in [2.05, 4.69) is 10.6 Å². The number of aryl methyl sites for hydroxylation is 1. The van der Waals surface area contributed by atoms with E-state index in [0.717, 1.165) is 13.1 Å². The van der Waals surface area contributed by atoms with Gasteiger partial charge in [-0.2, -0.15) is 0 Å². The molecule has 1 aromatic rings. The zero-order valence-corrected chi connectivity index (χ0v) is 13.2. The summed E-state index contributed by atoms with van der Waals surface area (Å²) in [5, 5.41) is 5.61. The zero-order valence-electron chi connectivity index (χ0n) is 13.2. The van der Waals surface area contributed by atoms with E-state index in [1.54, 1.807) is 17.2 Å². The van der Waals surface area contributed by atoms with Crippen LogP contribution in [0.3, 0.4) is 0 Å². The minimum absolute atomic E-state index is 0.0371. The molecule has 8 heteroatoms. The van der Waals surface area contributed by atoms with Gasteiger partial charge in [-0.15, -0.1) is 0 Å². The van der Waals surface area contributed by atoms with E-state index < -0.39 is 0 Å². The maximum Gasteiger partial charge on any atom is 0.292 e. The molecule has 0 unspecified atom stereocenters. The SMILES string of the molecule is CNC(=O)COc1cccn(CCC(=O)N2CCNCC2)c1=O. The van der Waals surface area contributed by atoms with Gasteiger partial charge in [0.05, 0.1) is 0 Å². The second-order valence-electron chi connectivity index (χ2n) is 5.21. The molecule has 2 amide bonds. The number of rotatable bonds is 6. The van der Waals surface area contributed by atoms with Crippen LogP contribution in [0.4, 0.5) is 0 Å². The van der Waals surface area contributed by atoms with Gasteiger partial charge in [-0.3, -0.25) is 14.4 Å². The Kier molecular flexibility index (Phi) is 6.16. The van der Waals surface area contributed by atoms with Gasteiger partial charge in [0, 0.05) is 52.4 Å². The van der Waals surface area contributed by atoms with E-state index in [4.69, 9.17) is 4.74 Å². The smallest absolute Gasteiger partial charge is 0.292 e. The summed E-state index contributed by atoms with van der Waals surface area (Å²) in [7, 11) is 1.50. The summed E-state index contributed by atoms with van der Waals surface area (Å²) in [6, 6.07) is 3.18. The quantitative estimate of drug-likeness (QED) is 0.686. The molecule has 1 aromatic heterocycles. The molecule has 2 N–H and O–H groups in total. The van der Waals surface area contributed by atoms with Crippen LogP contribution in [-0.2, 0) is 16.1 Å². The average molecular weight is 322 g/mol. The highest BCUT2D eigenvalue weighted by molar-refractivity contribution is 5.77. The van der Waals surface area contributed by atoms with Crippen molar-refractivity contribution >= 4 is 11.8 Å². The number of hydrogen-bond donors (Lipinski definition) is 2. The van der Waals surface area contributed by atoms with Gasteiger partial charge in [-0.1, -0.05) is 0 Å². The van der Waals surface area contributed by atoms with E-state index in [-0.39, 0.29) is 36.2 Å². The molecule has 126 valence electrons. The summed E-state index contributed by atoms with van der Waals surface area (Å²) in [5.74, 6) is -0.172. The zero-order chi connectivity index (χ0) is 16.7. The molecule has 0 aliphatic carbocycles. The number of aromatic nitrogens is 1. The molecule has 2 heterocycles. The Morgan fingerprint density at radius 1 is 1.35 bits per heavy atom. The molecule has 0 aromatic carbocycles. The van der Waals surface area contributed by atoms with Gasteiger partial charge in [0.25, 0.3) is 11.5 Å². The van der Waals surface area contributed by atoms with Crippen LogP contribution in [0.5, 0.6) is 5.75 Å². The number of amides is 2. The standard InChI is InChI=1S/C15H22N4O4/c1-16-13(20)11-23-12-3-2-7-19(15(12)22)8-4-14(21)18-9-5-17-6-10-18/h2-3,7,17H,4-6,8-11H2,1H3,(H,16,20). The molecule has 0 spiro atoms. The van der Waals surface area contributed by atoms with Crippen LogP contribution in [0.2, 0.25) is 0 Å². The normalized spacial score (nSPS) is 14.4. The first-order chi connectivity index (χ1) is 11.1. The minimum atomic E-state index is -0.343. The van der Waals surface area contributed by atoms with Crippen LogP contribution in [0.1, 0.15) is 6.42 Å². The molecule has 1 saturated heterocycles. The first-order valence-electron chi connectivity index (χ1n) is 7.63. The molecule has 0 radical (unpaired) electrons. The summed E-state index contributed by atoms with van der Waals surface area (Å²) < 4.78 is 6.63. The van der Waals surface area contributed by atoms with Crippen LogP contribution >= 0.6 is 0 Å². The number of carbonyl (C=O) groups excluding carboxylic acids is 2. The minimum Gasteiger partial charge on any atom is -0.478 e. The summed E-state index contributed by atoms with van der Waals surface area (Å²) >= 11 is 0. The third-order valence-corrected chi connectivity index (χ3v) is 3.66. The van der Waals surface area contributed by atoms with Crippen molar-refractivity contribution < 1.29 is 14.3 Å². The molecule has 1 fully saturated rings. The van der Waals surface area contributed by atoms with Gasteiger partial charge in [0.1, 0.15) is 0 Å². The number of piperazine rings is 1. The summed E-state index contributed by atoms with van der Waals surface area (Å²) in [6.07, 6.45) is 1.87. The molecular formula is C15H22N4O4. The van der Waals surface area contributed by atoms with Crippen LogP contribution in [-0.4, -0.2) is 61.1 Å². The van der Waals surface area contributed by atoms with Crippen LogP contribution < -0.4 is 20.9 Å². The summed E-state index contributed by atoms with van der Waals surface area (Å²) in [4.78, 5) is 37.3. The van der Waals surface area contributed by atoms with Crippen molar-refractivity contribution in [1.29, 1.82) is 0 Å². The van der Waals surface area contributed by atoms with E-state index >= 15 is 0 Å². The van der Waals surface area contributed by atoms with Gasteiger partial charge in [-0.05, 0) is 12.1 Å². The lowest BCUT2D eigenvalue weighted by Gasteiger charge is -2.27. The Morgan fingerprint density at radius 3 is 2.78 bits per heavy atom. The van der Waals surface area contributed by atoms with E-state index in [9.17, 15) is 14.4 Å². The van der Waals surface area contributed by atoms with Crippen molar-refractivity contribution in [2.24, 2.45) is 0 Å². The molecule has 0 saturated carbocycles. The van der Waals surface area contributed by atoms with Gasteiger partial charge in [0.15, 0.2) is 12.4 Å². The van der Waals surface area contributed by atoms with Gasteiger partial charge < -0.3 is 24.8 Å². The van der Waals surface area contributed by atoms with E-state index in [0.29, 0.717) is 19.6 Å². The van der Waals surface area contributed by atoms with Crippen molar-refractivity contribution in [1.82, 2.24) is 20.1 Å². The number of ether oxygens (including phenoxy) is 1. The lowest BCUT2D eigenvalue weighted by Crippen LogP contribution is -2.46. The predicted molar refractivity (Wildman–Crippen MR) is 84.3 cm³/mol. The monoisotopic (exact) mass is 322 g/mol. The molecule has 0 atom stereocenters. The number of hydrogen-bond acceptors (Lipinski definition) is 5. The number of carbonyl (C=O) groups is 2. The number of likely N-dealkylation sites (N-methyl/N-ethyl adjacent to an activating group) is 1. The maximum atomic E-state index is 12.2. The molecule has 0 bridgehead atoms. The fourth-order valence-electron chi connectivity index (χ4n) is 2.30. The Bertz CT molecular complexity index is 608. The second kappa shape index (κ2) is 8.33. The van der Waals surface area contributed by atoms with Crippen molar-refractivity contribution in [3.63, 3.8) is 0 Å². The van der Waals surface area contributed by atoms with Crippen LogP contribution in [0.15, 0.2) is 23.1 Å². The summed E-state index contributed by atoms with van der Waals surface area (Å²) in [6.45, 7) is 3.07. The van der Waals surface area contributed by atoms with Crippen molar-refractivity contribution in [3.8, 4) is 5.75 Å². The highest BCUT2D eigenvalue weighted by Crippen LogP contribution is 2.04. The van der Waals surface area contributed by atoms with Gasteiger partial charge in [0.2, 0.25) is 5.91 Å². The fraction of sp³-hybridized carbons (Fsp3) is 0.533. The summed E-state index contributed by atoms with van der Waals surface area (Å²) in [5.41, 5.74) is -0.343.